The Labute approximate surface area is 134 Å². The van der Waals surface area contributed by atoms with E-state index >= 15 is 0 Å². The molecule has 0 saturated carbocycles. The topological polar surface area (TPSA) is 12.0 Å². The Morgan fingerprint density at radius 3 is 2.16 bits per heavy atom. The summed E-state index contributed by atoms with van der Waals surface area (Å²) >= 11 is 9.81. The van der Waals surface area contributed by atoms with Crippen LogP contribution in [0.1, 0.15) is 5.56 Å². The number of para-hydroxylation sites is 1. The maximum atomic E-state index is 13.8. The fraction of sp³-hybridized carbons (Fsp3) is 0.0769. The average Bonchev–Trinajstić information content (AvgIpc) is 2.37. The first-order valence-corrected chi connectivity index (χ1v) is 7.69. The molecule has 0 fully saturated rings. The van der Waals surface area contributed by atoms with Gasteiger partial charge >= 0.3 is 0 Å². The molecule has 19 heavy (non-hydrogen) atoms. The Morgan fingerprint density at radius 2 is 1.53 bits per heavy atom. The van der Waals surface area contributed by atoms with Crippen molar-refractivity contribution in [2.75, 3.05) is 5.32 Å². The van der Waals surface area contributed by atoms with Crippen LogP contribution in [0.2, 0.25) is 0 Å². The largest absolute Gasteiger partial charge is 0.379 e. The van der Waals surface area contributed by atoms with E-state index < -0.39 is 11.6 Å². The molecule has 0 amide bonds. The molecule has 1 nitrogen and oxygen atoms in total. The standard InChI is InChI=1S/C13H8Br3F2N/c14-8-4-5-11(17)7(12(8)18)6-19-13-9(15)2-1-3-10(13)16/h1-5,19H,6H2. The number of benzene rings is 2. The van der Waals surface area contributed by atoms with E-state index in [0.29, 0.717) is 0 Å². The number of rotatable bonds is 3. The predicted octanol–water partition coefficient (Wildman–Crippen LogP) is 5.86. The smallest absolute Gasteiger partial charge is 0.145 e. The van der Waals surface area contributed by atoms with Crippen molar-refractivity contribution in [3.05, 3.63) is 60.9 Å². The summed E-state index contributed by atoms with van der Waals surface area (Å²) in [6.07, 6.45) is 0. The van der Waals surface area contributed by atoms with E-state index in [9.17, 15) is 8.78 Å². The van der Waals surface area contributed by atoms with Crippen LogP contribution in [0.3, 0.4) is 0 Å². The lowest BCUT2D eigenvalue weighted by Crippen LogP contribution is -2.06. The molecule has 0 bridgehead atoms. The maximum Gasteiger partial charge on any atom is 0.145 e. The van der Waals surface area contributed by atoms with Crippen molar-refractivity contribution < 1.29 is 8.78 Å². The van der Waals surface area contributed by atoms with Gasteiger partial charge < -0.3 is 5.32 Å². The van der Waals surface area contributed by atoms with Crippen LogP contribution in [0, 0.1) is 11.6 Å². The van der Waals surface area contributed by atoms with Crippen molar-refractivity contribution in [1.82, 2.24) is 0 Å². The molecule has 0 saturated heterocycles. The number of anilines is 1. The Balaban J connectivity index is 2.27. The molecule has 6 heteroatoms. The van der Waals surface area contributed by atoms with Crippen molar-refractivity contribution in [1.29, 1.82) is 0 Å². The number of halogens is 5. The second kappa shape index (κ2) is 6.33. The second-order valence-corrected chi connectivity index (χ2v) is 6.33. The number of hydrogen-bond acceptors (Lipinski definition) is 1. The molecular formula is C13H8Br3F2N. The summed E-state index contributed by atoms with van der Waals surface area (Å²) < 4.78 is 29.3. The van der Waals surface area contributed by atoms with Gasteiger partial charge in [0.25, 0.3) is 0 Å². The molecule has 0 heterocycles. The highest BCUT2D eigenvalue weighted by atomic mass is 79.9. The van der Waals surface area contributed by atoms with Crippen LogP contribution in [0.5, 0.6) is 0 Å². The Hall–Kier alpha value is -0.460. The monoisotopic (exact) mass is 453 g/mol. The van der Waals surface area contributed by atoms with Crippen molar-refractivity contribution in [3.63, 3.8) is 0 Å². The Kier molecular flexibility index (Phi) is 4.97. The Bertz CT molecular complexity index is 597. The zero-order chi connectivity index (χ0) is 14.0. The van der Waals surface area contributed by atoms with E-state index in [0.717, 1.165) is 14.6 Å². The lowest BCUT2D eigenvalue weighted by molar-refractivity contribution is 0.555. The summed E-state index contributed by atoms with van der Waals surface area (Å²) in [4.78, 5) is 0. The van der Waals surface area contributed by atoms with Crippen LogP contribution < -0.4 is 5.32 Å². The molecule has 0 aliphatic rings. The van der Waals surface area contributed by atoms with Crippen molar-refractivity contribution >= 4 is 53.5 Å². The normalized spacial score (nSPS) is 10.6. The van der Waals surface area contributed by atoms with Gasteiger partial charge in [-0.15, -0.1) is 0 Å². The maximum absolute atomic E-state index is 13.8. The fourth-order valence-electron chi connectivity index (χ4n) is 1.57. The van der Waals surface area contributed by atoms with Gasteiger partial charge in [0.05, 0.1) is 10.2 Å². The average molecular weight is 456 g/mol. The van der Waals surface area contributed by atoms with E-state index in [1.54, 1.807) is 0 Å². The van der Waals surface area contributed by atoms with Gasteiger partial charge in [-0.05, 0) is 72.1 Å². The second-order valence-electron chi connectivity index (χ2n) is 3.77. The summed E-state index contributed by atoms with van der Waals surface area (Å²) in [7, 11) is 0. The summed E-state index contributed by atoms with van der Waals surface area (Å²) in [5.41, 5.74) is 0.748. The molecule has 2 aromatic carbocycles. The van der Waals surface area contributed by atoms with Crippen molar-refractivity contribution in [2.45, 2.75) is 6.54 Å². The minimum atomic E-state index is -0.587. The van der Waals surface area contributed by atoms with Gasteiger partial charge in [0.2, 0.25) is 0 Å². The van der Waals surface area contributed by atoms with Crippen LogP contribution >= 0.6 is 47.8 Å². The van der Waals surface area contributed by atoms with Crippen LogP contribution in [0.4, 0.5) is 14.5 Å². The van der Waals surface area contributed by atoms with Crippen molar-refractivity contribution in [2.24, 2.45) is 0 Å². The van der Waals surface area contributed by atoms with Crippen molar-refractivity contribution in [3.8, 4) is 0 Å². The van der Waals surface area contributed by atoms with Gasteiger partial charge in [-0.2, -0.15) is 0 Å². The van der Waals surface area contributed by atoms with Crippen LogP contribution in [-0.4, -0.2) is 0 Å². The molecule has 0 unspecified atom stereocenters. The van der Waals surface area contributed by atoms with Crippen LogP contribution in [0.25, 0.3) is 0 Å². The lowest BCUT2D eigenvalue weighted by Gasteiger charge is -2.12. The fourth-order valence-corrected chi connectivity index (χ4v) is 3.22. The highest BCUT2D eigenvalue weighted by Gasteiger charge is 2.13. The van der Waals surface area contributed by atoms with E-state index in [2.05, 4.69) is 53.1 Å². The SMILES string of the molecule is Fc1ccc(Br)c(F)c1CNc1c(Br)cccc1Br. The van der Waals surface area contributed by atoms with Gasteiger partial charge in [0.1, 0.15) is 11.6 Å². The molecule has 0 radical (unpaired) electrons. The molecule has 0 aliphatic carbocycles. The quantitative estimate of drug-likeness (QED) is 0.571. The lowest BCUT2D eigenvalue weighted by atomic mass is 10.2. The molecule has 0 aromatic heterocycles. The molecule has 0 spiro atoms. The van der Waals surface area contributed by atoms with E-state index in [4.69, 9.17) is 0 Å². The third-order valence-corrected chi connectivity index (χ3v) is 4.48. The van der Waals surface area contributed by atoms with Gasteiger partial charge in [-0.1, -0.05) is 6.07 Å². The van der Waals surface area contributed by atoms with Crippen LogP contribution in [-0.2, 0) is 6.54 Å². The zero-order valence-corrected chi connectivity index (χ0v) is 14.2. The third-order valence-electron chi connectivity index (χ3n) is 2.54. The highest BCUT2D eigenvalue weighted by molar-refractivity contribution is 9.11. The minimum absolute atomic E-state index is 0.00275. The highest BCUT2D eigenvalue weighted by Crippen LogP contribution is 2.31. The van der Waals surface area contributed by atoms with Gasteiger partial charge in [0, 0.05) is 21.1 Å². The molecule has 100 valence electrons. The van der Waals surface area contributed by atoms with Crippen LogP contribution in [0.15, 0.2) is 43.7 Å². The zero-order valence-electron chi connectivity index (χ0n) is 9.48. The van der Waals surface area contributed by atoms with E-state index in [1.165, 1.54) is 12.1 Å². The van der Waals surface area contributed by atoms with Gasteiger partial charge in [-0.25, -0.2) is 8.78 Å². The van der Waals surface area contributed by atoms with Gasteiger partial charge in [-0.3, -0.25) is 0 Å². The summed E-state index contributed by atoms with van der Waals surface area (Å²) in [5, 5.41) is 3.01. The van der Waals surface area contributed by atoms with E-state index in [-0.39, 0.29) is 16.6 Å². The van der Waals surface area contributed by atoms with Gasteiger partial charge in [0.15, 0.2) is 0 Å². The number of hydrogen-bond donors (Lipinski definition) is 1. The molecule has 0 atom stereocenters. The molecule has 2 rings (SSSR count). The predicted molar refractivity (Wildman–Crippen MR) is 83.2 cm³/mol. The first-order valence-electron chi connectivity index (χ1n) is 5.31. The van der Waals surface area contributed by atoms with E-state index in [1.807, 2.05) is 18.2 Å². The molecule has 2 aromatic rings. The minimum Gasteiger partial charge on any atom is -0.379 e. The first-order chi connectivity index (χ1) is 9.00. The summed E-state index contributed by atoms with van der Waals surface area (Å²) in [6, 6.07) is 8.14. The molecule has 0 aliphatic heterocycles. The number of nitrogens with one attached hydrogen (secondary N) is 1. The third kappa shape index (κ3) is 3.35. The first kappa shape index (κ1) is 14.9. The molecule has 1 N–H and O–H groups in total. The Morgan fingerprint density at radius 1 is 0.895 bits per heavy atom. The summed E-state index contributed by atoms with van der Waals surface area (Å²) in [6.45, 7) is 0.0539. The summed E-state index contributed by atoms with van der Waals surface area (Å²) in [5.74, 6) is -1.16. The molecular weight excluding hydrogens is 448 g/mol.